The van der Waals surface area contributed by atoms with Crippen molar-refractivity contribution in [3.63, 3.8) is 0 Å². The summed E-state index contributed by atoms with van der Waals surface area (Å²) >= 11 is 0. The van der Waals surface area contributed by atoms with Crippen LogP contribution in [0.25, 0.3) is 0 Å². The second-order valence-electron chi connectivity index (χ2n) is 7.41. The van der Waals surface area contributed by atoms with E-state index in [1.807, 2.05) is 0 Å². The fourth-order valence-corrected chi connectivity index (χ4v) is 6.49. The first-order valence-electron chi connectivity index (χ1n) is 8.96. The number of hydrogen-bond acceptors (Lipinski definition) is 5. The molecule has 8 nitrogen and oxygen atoms in total. The summed E-state index contributed by atoms with van der Waals surface area (Å²) in [6, 6.07) is 2.38. The molecule has 9 heteroatoms. The van der Waals surface area contributed by atoms with Crippen molar-refractivity contribution in [3.05, 3.63) is 29.3 Å². The number of fused-ring (bicyclic) bond motifs is 2. The Labute approximate surface area is 156 Å². The van der Waals surface area contributed by atoms with E-state index < -0.39 is 33.8 Å². The summed E-state index contributed by atoms with van der Waals surface area (Å²) in [5.74, 6) is -2.15. The summed E-state index contributed by atoms with van der Waals surface area (Å²) in [4.78, 5) is 36.8. The van der Waals surface area contributed by atoms with E-state index in [-0.39, 0.29) is 28.0 Å². The van der Waals surface area contributed by atoms with Crippen LogP contribution in [0.2, 0.25) is 0 Å². The smallest absolute Gasteiger partial charge is 0.322 e. The molecule has 3 unspecified atom stereocenters. The molecule has 1 saturated carbocycles. The lowest BCUT2D eigenvalue weighted by molar-refractivity contribution is -0.141. The molecule has 2 fully saturated rings. The lowest BCUT2D eigenvalue weighted by Crippen LogP contribution is -2.46. The maximum atomic E-state index is 13.3. The van der Waals surface area contributed by atoms with E-state index in [2.05, 4.69) is 0 Å². The van der Waals surface area contributed by atoms with Crippen LogP contribution in [0.3, 0.4) is 0 Å². The van der Waals surface area contributed by atoms with Gasteiger partial charge in [0.05, 0.1) is 16.0 Å². The lowest BCUT2D eigenvalue weighted by Gasteiger charge is -2.32. The SMILES string of the molecule is CN1C(=O)c2ccc(S(=O)(=O)N3C(C(=O)O)CC4CCCCC43)cc2C1=O. The van der Waals surface area contributed by atoms with Gasteiger partial charge in [-0.2, -0.15) is 4.31 Å². The number of aliphatic carboxylic acids is 1. The molecule has 3 aliphatic rings. The summed E-state index contributed by atoms with van der Waals surface area (Å²) in [7, 11) is -2.77. The average molecular weight is 392 g/mol. The van der Waals surface area contributed by atoms with Gasteiger partial charge in [-0.3, -0.25) is 19.3 Å². The van der Waals surface area contributed by atoms with E-state index in [1.165, 1.54) is 25.2 Å². The number of sulfonamides is 1. The molecule has 0 aromatic heterocycles. The van der Waals surface area contributed by atoms with E-state index >= 15 is 0 Å². The molecule has 1 saturated heterocycles. The van der Waals surface area contributed by atoms with E-state index in [0.29, 0.717) is 12.8 Å². The molecular formula is C18H20N2O6S. The highest BCUT2D eigenvalue weighted by molar-refractivity contribution is 7.89. The predicted molar refractivity (Wildman–Crippen MR) is 93.7 cm³/mol. The number of amides is 2. The monoisotopic (exact) mass is 392 g/mol. The van der Waals surface area contributed by atoms with Crippen molar-refractivity contribution < 1.29 is 27.9 Å². The quantitative estimate of drug-likeness (QED) is 0.777. The Kier molecular flexibility index (Phi) is 4.12. The van der Waals surface area contributed by atoms with E-state index in [1.54, 1.807) is 0 Å². The largest absolute Gasteiger partial charge is 0.480 e. The molecule has 3 atom stereocenters. The molecule has 1 N–H and O–H groups in total. The van der Waals surface area contributed by atoms with E-state index in [9.17, 15) is 27.9 Å². The number of carbonyl (C=O) groups excluding carboxylic acids is 2. The minimum Gasteiger partial charge on any atom is -0.480 e. The van der Waals surface area contributed by atoms with Gasteiger partial charge in [0, 0.05) is 13.1 Å². The van der Waals surface area contributed by atoms with Crippen molar-refractivity contribution in [1.29, 1.82) is 0 Å². The van der Waals surface area contributed by atoms with Crippen LogP contribution < -0.4 is 0 Å². The number of nitrogens with zero attached hydrogens (tertiary/aromatic N) is 2. The maximum absolute atomic E-state index is 13.3. The number of imide groups is 1. The zero-order valence-corrected chi connectivity index (χ0v) is 15.6. The van der Waals surface area contributed by atoms with Crippen LogP contribution in [0.4, 0.5) is 0 Å². The van der Waals surface area contributed by atoms with Crippen molar-refractivity contribution >= 4 is 27.8 Å². The molecule has 27 heavy (non-hydrogen) atoms. The first-order valence-corrected chi connectivity index (χ1v) is 10.4. The Hall–Kier alpha value is -2.26. The Balaban J connectivity index is 1.78. The zero-order chi connectivity index (χ0) is 19.5. The van der Waals surface area contributed by atoms with Gasteiger partial charge in [0.2, 0.25) is 10.0 Å². The number of hydrogen-bond donors (Lipinski definition) is 1. The lowest BCUT2D eigenvalue weighted by atomic mass is 9.85. The summed E-state index contributed by atoms with van der Waals surface area (Å²) in [6.07, 6.45) is 3.61. The van der Waals surface area contributed by atoms with Gasteiger partial charge in [-0.25, -0.2) is 8.42 Å². The van der Waals surface area contributed by atoms with Crippen molar-refractivity contribution in [1.82, 2.24) is 9.21 Å². The average Bonchev–Trinajstić information content (AvgIpc) is 3.14. The molecule has 0 bridgehead atoms. The first-order chi connectivity index (χ1) is 12.7. The Bertz CT molecular complexity index is 957. The summed E-state index contributed by atoms with van der Waals surface area (Å²) in [6.45, 7) is 0. The molecule has 2 amide bonds. The van der Waals surface area contributed by atoms with Gasteiger partial charge >= 0.3 is 5.97 Å². The van der Waals surface area contributed by atoms with Crippen LogP contribution in [-0.2, 0) is 14.8 Å². The van der Waals surface area contributed by atoms with Crippen molar-refractivity contribution in [2.45, 2.75) is 49.1 Å². The predicted octanol–water partition coefficient (Wildman–Crippen LogP) is 1.32. The third-order valence-corrected chi connectivity index (χ3v) is 7.88. The zero-order valence-electron chi connectivity index (χ0n) is 14.8. The molecule has 1 aromatic carbocycles. The van der Waals surface area contributed by atoms with E-state index in [4.69, 9.17) is 0 Å². The molecule has 2 aliphatic heterocycles. The Morgan fingerprint density at radius 2 is 1.78 bits per heavy atom. The van der Waals surface area contributed by atoms with Gasteiger partial charge in [-0.05, 0) is 43.4 Å². The molecular weight excluding hydrogens is 372 g/mol. The van der Waals surface area contributed by atoms with Crippen LogP contribution in [-0.4, -0.2) is 59.6 Å². The summed E-state index contributed by atoms with van der Waals surface area (Å²) < 4.78 is 27.8. The third-order valence-electron chi connectivity index (χ3n) is 5.95. The fourth-order valence-electron chi connectivity index (χ4n) is 4.60. The highest BCUT2D eigenvalue weighted by Gasteiger charge is 2.51. The van der Waals surface area contributed by atoms with Crippen LogP contribution in [0.1, 0.15) is 52.8 Å². The fraction of sp³-hybridized carbons (Fsp3) is 0.500. The van der Waals surface area contributed by atoms with Crippen LogP contribution in [0.5, 0.6) is 0 Å². The first kappa shape index (κ1) is 18.1. The summed E-state index contributed by atoms with van der Waals surface area (Å²) in [5, 5.41) is 9.60. The minimum absolute atomic E-state index is 0.0369. The van der Waals surface area contributed by atoms with Gasteiger partial charge < -0.3 is 5.11 Å². The normalized spacial score (nSPS) is 28.3. The Morgan fingerprint density at radius 1 is 1.11 bits per heavy atom. The van der Waals surface area contributed by atoms with Crippen LogP contribution in [0, 0.1) is 5.92 Å². The van der Waals surface area contributed by atoms with Gasteiger partial charge in [0.1, 0.15) is 6.04 Å². The van der Waals surface area contributed by atoms with Crippen LogP contribution in [0.15, 0.2) is 23.1 Å². The van der Waals surface area contributed by atoms with E-state index in [0.717, 1.165) is 28.5 Å². The van der Waals surface area contributed by atoms with Crippen LogP contribution >= 0.6 is 0 Å². The molecule has 2 heterocycles. The summed E-state index contributed by atoms with van der Waals surface area (Å²) in [5.41, 5.74) is 0.197. The van der Waals surface area contributed by atoms with Gasteiger partial charge in [-0.1, -0.05) is 12.8 Å². The maximum Gasteiger partial charge on any atom is 0.322 e. The van der Waals surface area contributed by atoms with Gasteiger partial charge in [0.15, 0.2) is 0 Å². The molecule has 144 valence electrons. The molecule has 4 rings (SSSR count). The highest BCUT2D eigenvalue weighted by atomic mass is 32.2. The molecule has 1 aromatic rings. The van der Waals surface area contributed by atoms with Crippen molar-refractivity contribution in [2.75, 3.05) is 7.05 Å². The second kappa shape index (κ2) is 6.13. The number of rotatable bonds is 3. The highest BCUT2D eigenvalue weighted by Crippen LogP contribution is 2.43. The number of benzene rings is 1. The van der Waals surface area contributed by atoms with Gasteiger partial charge in [0.25, 0.3) is 11.8 Å². The molecule has 0 spiro atoms. The Morgan fingerprint density at radius 3 is 2.48 bits per heavy atom. The topological polar surface area (TPSA) is 112 Å². The number of carbonyl (C=O) groups is 3. The number of carboxylic acid groups (broad SMARTS) is 1. The molecule has 1 aliphatic carbocycles. The van der Waals surface area contributed by atoms with Crippen molar-refractivity contribution in [3.8, 4) is 0 Å². The molecule has 0 radical (unpaired) electrons. The third kappa shape index (κ3) is 2.60. The second-order valence-corrected chi connectivity index (χ2v) is 9.26. The van der Waals surface area contributed by atoms with Gasteiger partial charge in [-0.15, -0.1) is 0 Å². The minimum atomic E-state index is -4.11. The van der Waals surface area contributed by atoms with Crippen molar-refractivity contribution in [2.24, 2.45) is 5.92 Å². The standard InChI is InChI=1S/C18H20N2O6S/c1-19-16(21)12-7-6-11(9-13(12)17(19)22)27(25,26)20-14-5-3-2-4-10(14)8-15(20)18(23)24/h6-7,9-10,14-15H,2-5,8H2,1H3,(H,23,24). The number of carboxylic acids is 1.